The molecule has 1 heterocycles. The number of urea groups is 1. The second kappa shape index (κ2) is 33.6. The van der Waals surface area contributed by atoms with Crippen LogP contribution >= 0.6 is 0 Å². The maximum absolute atomic E-state index is 14.4. The molecule has 0 bridgehead atoms. The van der Waals surface area contributed by atoms with Crippen molar-refractivity contribution in [2.75, 3.05) is 65.9 Å². The summed E-state index contributed by atoms with van der Waals surface area (Å²) in [6, 6.07) is 14.2. The quantitative estimate of drug-likeness (QED) is 0.0377. The minimum absolute atomic E-state index is 0.000299. The Morgan fingerprint density at radius 1 is 0.667 bits per heavy atom. The molecule has 0 spiro atoms. The molecule has 1 aliphatic rings. The number of carboxylic acid groups (broad SMARTS) is 3. The second-order valence-corrected chi connectivity index (χ2v) is 18.1. The van der Waals surface area contributed by atoms with E-state index in [1.165, 1.54) is 30.0 Å². The zero-order valence-corrected chi connectivity index (χ0v) is 43.3. The van der Waals surface area contributed by atoms with E-state index in [0.29, 0.717) is 31.9 Å². The molecule has 7 amide bonds. The smallest absolute Gasteiger partial charge is 0.326 e. The average molecular weight is 1090 g/mol. The molecule has 5 atom stereocenters. The molecule has 25 nitrogen and oxygen atoms in total. The van der Waals surface area contributed by atoms with Crippen molar-refractivity contribution in [2.24, 2.45) is 0 Å². The van der Waals surface area contributed by atoms with Crippen LogP contribution in [-0.4, -0.2) is 170 Å². The SMILES string of the molecule is CC(=O)NCCOCCOCCOCCC(=O)N[C@@H]1C[C@@H](C(=O)N[C@@H](Cc2ccc3ccccc3c2)C(=O)NCCCC[C@H](NC(=O)N[C@@H](CCC(=O)O)C(=O)O)C(=O)O)N(C(=O)CCCOc2cc(C#N)cc(C#N)c2)C1. The zero-order chi connectivity index (χ0) is 56.8. The van der Waals surface area contributed by atoms with Gasteiger partial charge in [0.2, 0.25) is 29.5 Å². The number of nitriles is 2. The first-order chi connectivity index (χ1) is 37.5. The van der Waals surface area contributed by atoms with Crippen molar-refractivity contribution in [3.8, 4) is 17.9 Å². The molecule has 78 heavy (non-hydrogen) atoms. The van der Waals surface area contributed by atoms with E-state index in [0.717, 1.165) is 10.8 Å². The van der Waals surface area contributed by atoms with Crippen LogP contribution < -0.4 is 36.6 Å². The van der Waals surface area contributed by atoms with Crippen molar-refractivity contribution in [3.63, 3.8) is 0 Å². The number of aliphatic carboxylic acids is 3. The van der Waals surface area contributed by atoms with Crippen molar-refractivity contribution in [1.82, 2.24) is 36.8 Å². The third-order valence-electron chi connectivity index (χ3n) is 12.1. The third kappa shape index (κ3) is 22.8. The molecule has 3 aromatic rings. The lowest BCUT2D eigenvalue weighted by atomic mass is 10.0. The minimum Gasteiger partial charge on any atom is -0.493 e. The van der Waals surface area contributed by atoms with Crippen molar-refractivity contribution in [2.45, 2.75) is 101 Å². The number of ether oxygens (including phenoxy) is 4. The lowest BCUT2D eigenvalue weighted by Crippen LogP contribution is -2.54. The maximum Gasteiger partial charge on any atom is 0.326 e. The Bertz CT molecular complexity index is 2610. The summed E-state index contributed by atoms with van der Waals surface area (Å²) in [7, 11) is 0. The highest BCUT2D eigenvalue weighted by Crippen LogP contribution is 2.23. The van der Waals surface area contributed by atoms with Crippen LogP contribution in [0.1, 0.15) is 81.4 Å². The normalized spacial score (nSPS) is 14.8. The van der Waals surface area contributed by atoms with Crippen molar-refractivity contribution < 1.29 is 77.4 Å². The van der Waals surface area contributed by atoms with E-state index in [2.05, 4.69) is 31.9 Å². The van der Waals surface area contributed by atoms with Crippen LogP contribution in [0.3, 0.4) is 0 Å². The minimum atomic E-state index is -1.58. The number of carboxylic acids is 3. The van der Waals surface area contributed by atoms with E-state index >= 15 is 0 Å². The molecule has 0 unspecified atom stereocenters. The number of carbonyl (C=O) groups excluding carboxylic acids is 6. The summed E-state index contributed by atoms with van der Waals surface area (Å²) >= 11 is 0. The summed E-state index contributed by atoms with van der Waals surface area (Å²) < 4.78 is 22.2. The van der Waals surface area contributed by atoms with Crippen LogP contribution in [0, 0.1) is 22.7 Å². The number of fused-ring (bicyclic) bond motifs is 1. The molecule has 3 aromatic carbocycles. The van der Waals surface area contributed by atoms with Crippen LogP contribution in [0.15, 0.2) is 60.7 Å². The fourth-order valence-electron chi connectivity index (χ4n) is 8.17. The van der Waals surface area contributed by atoms with Gasteiger partial charge in [0.25, 0.3) is 0 Å². The summed E-state index contributed by atoms with van der Waals surface area (Å²) in [6.45, 7) is 3.27. The molecule has 420 valence electrons. The topological polar surface area (TPSA) is 374 Å². The van der Waals surface area contributed by atoms with Crippen molar-refractivity contribution in [3.05, 3.63) is 77.4 Å². The summed E-state index contributed by atoms with van der Waals surface area (Å²) in [5.41, 5.74) is 1.13. The Morgan fingerprint density at radius 3 is 1.95 bits per heavy atom. The highest BCUT2D eigenvalue weighted by Gasteiger charge is 2.41. The first kappa shape index (κ1) is 62.2. The Labute approximate surface area is 450 Å². The van der Waals surface area contributed by atoms with Crippen LogP contribution in [-0.2, 0) is 59.0 Å². The average Bonchev–Trinajstić information content (AvgIpc) is 3.84. The number of rotatable bonds is 35. The van der Waals surface area contributed by atoms with E-state index in [9.17, 15) is 63.9 Å². The van der Waals surface area contributed by atoms with Gasteiger partial charge >= 0.3 is 23.9 Å². The maximum atomic E-state index is 14.4. The fraction of sp³-hybridized carbons (Fsp3) is 0.491. The van der Waals surface area contributed by atoms with Crippen LogP contribution in [0.2, 0.25) is 0 Å². The summed E-state index contributed by atoms with van der Waals surface area (Å²) in [6.07, 6.45) is -0.679. The molecule has 1 saturated heterocycles. The molecular weight excluding hydrogens is 1020 g/mol. The summed E-state index contributed by atoms with van der Waals surface area (Å²) in [5, 5.41) is 63.9. The molecule has 1 fully saturated rings. The number of hydrogen-bond donors (Lipinski definition) is 9. The number of hydrogen-bond acceptors (Lipinski definition) is 15. The third-order valence-corrected chi connectivity index (χ3v) is 12.1. The van der Waals surface area contributed by atoms with Gasteiger partial charge in [0, 0.05) is 58.3 Å². The van der Waals surface area contributed by atoms with Gasteiger partial charge in [-0.25, -0.2) is 14.4 Å². The molecule has 0 radical (unpaired) electrons. The van der Waals surface area contributed by atoms with Crippen molar-refractivity contribution in [1.29, 1.82) is 10.5 Å². The van der Waals surface area contributed by atoms with Crippen LogP contribution in [0.4, 0.5) is 4.79 Å². The Balaban J connectivity index is 1.40. The predicted octanol–water partition coefficient (Wildman–Crippen LogP) is 1.49. The molecule has 4 rings (SSSR count). The van der Waals surface area contributed by atoms with E-state index in [1.807, 2.05) is 54.6 Å². The Hall–Kier alpha value is -8.39. The van der Waals surface area contributed by atoms with Gasteiger partial charge in [-0.15, -0.1) is 0 Å². The van der Waals surface area contributed by atoms with Gasteiger partial charge in [0.15, 0.2) is 0 Å². The lowest BCUT2D eigenvalue weighted by Gasteiger charge is -2.26. The number of benzene rings is 3. The second-order valence-electron chi connectivity index (χ2n) is 18.1. The standard InChI is InChI=1S/C53H67N9O16/c1-34(63)56-17-20-76-22-24-77-23-21-75-19-15-46(64)58-40-30-45(62(33-40)47(65)10-6-18-78-41-27-36(31-54)25-37(28-41)32-55)50(69)59-44(29-35-11-12-38-7-2-3-8-39(38)26-35)49(68)57-16-5-4-9-42(51(70)71)60-53(74)61-43(52(72)73)13-14-48(66)67/h2-3,7-8,11-12,25-28,40,42-45H,4-6,9-10,13-24,29-30,33H2,1H3,(H,56,63)(H,57,68)(H,58,64)(H,59,69)(H,66,67)(H,70,71)(H,72,73)(H2,60,61,74)/t40-,42+,43+,44+,45+/m1/s1. The Morgan fingerprint density at radius 2 is 1.31 bits per heavy atom. The molecule has 1 aliphatic heterocycles. The number of nitrogens with one attached hydrogen (secondary N) is 6. The predicted molar refractivity (Wildman–Crippen MR) is 276 cm³/mol. The highest BCUT2D eigenvalue weighted by atomic mass is 16.5. The number of carbonyl (C=O) groups is 9. The molecule has 25 heteroatoms. The van der Waals surface area contributed by atoms with Gasteiger partial charge in [-0.1, -0.05) is 42.5 Å². The van der Waals surface area contributed by atoms with Gasteiger partial charge in [-0.3, -0.25) is 28.8 Å². The van der Waals surface area contributed by atoms with Crippen molar-refractivity contribution >= 4 is 64.2 Å². The lowest BCUT2D eigenvalue weighted by molar-refractivity contribution is -0.141. The summed E-state index contributed by atoms with van der Waals surface area (Å²) in [5.74, 6) is -6.19. The van der Waals surface area contributed by atoms with E-state index in [1.54, 1.807) is 0 Å². The molecule has 9 N–H and O–H groups in total. The van der Waals surface area contributed by atoms with E-state index < -0.39 is 90.6 Å². The monoisotopic (exact) mass is 1090 g/mol. The van der Waals surface area contributed by atoms with Crippen LogP contribution in [0.5, 0.6) is 5.75 Å². The largest absolute Gasteiger partial charge is 0.493 e. The first-order valence-corrected chi connectivity index (χ1v) is 25.4. The molecule has 0 aliphatic carbocycles. The Kier molecular flexibility index (Phi) is 26.8. The highest BCUT2D eigenvalue weighted by molar-refractivity contribution is 5.93. The fourth-order valence-corrected chi connectivity index (χ4v) is 8.17. The number of likely N-dealkylation sites (tertiary alicyclic amines) is 1. The number of nitrogens with zero attached hydrogens (tertiary/aromatic N) is 3. The molecular formula is C53H67N9O16. The van der Waals surface area contributed by atoms with Gasteiger partial charge in [-0.05, 0) is 73.1 Å². The van der Waals surface area contributed by atoms with Crippen LogP contribution in [0.25, 0.3) is 10.8 Å². The van der Waals surface area contributed by atoms with Gasteiger partial charge < -0.3 is 71.1 Å². The van der Waals surface area contributed by atoms with Gasteiger partial charge in [0.1, 0.15) is 29.9 Å². The van der Waals surface area contributed by atoms with Gasteiger partial charge in [0.05, 0.1) is 69.5 Å². The number of amides is 7. The van der Waals surface area contributed by atoms with E-state index in [-0.39, 0.29) is 114 Å². The zero-order valence-electron chi connectivity index (χ0n) is 43.3. The first-order valence-electron chi connectivity index (χ1n) is 25.4. The van der Waals surface area contributed by atoms with Gasteiger partial charge in [-0.2, -0.15) is 10.5 Å². The summed E-state index contributed by atoms with van der Waals surface area (Å²) in [4.78, 5) is 115. The number of unbranched alkanes of at least 4 members (excludes halogenated alkanes) is 1. The molecule has 0 saturated carbocycles. The van der Waals surface area contributed by atoms with E-state index in [4.69, 9.17) is 24.1 Å². The molecule has 0 aromatic heterocycles.